The molecule has 1 aromatic rings. The van der Waals surface area contributed by atoms with Crippen LogP contribution in [0.5, 0.6) is 0 Å². The minimum absolute atomic E-state index is 0.0806. The Morgan fingerprint density at radius 2 is 1.69 bits per heavy atom. The molecule has 9 heteroatoms. The number of halogens is 2. The summed E-state index contributed by atoms with van der Waals surface area (Å²) in [5.74, 6) is -1.64. The lowest BCUT2D eigenvalue weighted by molar-refractivity contribution is 0.0969. The summed E-state index contributed by atoms with van der Waals surface area (Å²) in [5.41, 5.74) is -0.349. The van der Waals surface area contributed by atoms with E-state index in [9.17, 15) is 17.2 Å². The first kappa shape index (κ1) is 19.0. The predicted octanol–water partition coefficient (Wildman–Crippen LogP) is 2.22. The highest BCUT2D eigenvalue weighted by atomic mass is 32.2. The molecule has 0 aliphatic carbocycles. The quantitative estimate of drug-likeness (QED) is 0.859. The number of nitrogens with one attached hydrogen (secondary N) is 1. The number of piperidine rings is 1. The summed E-state index contributed by atoms with van der Waals surface area (Å²) in [6, 6.07) is 3.44. The molecule has 26 heavy (non-hydrogen) atoms. The molecule has 2 fully saturated rings. The molecule has 2 aliphatic heterocycles. The van der Waals surface area contributed by atoms with Crippen molar-refractivity contribution in [3.05, 3.63) is 29.3 Å². The van der Waals surface area contributed by atoms with Crippen LogP contribution in [0, 0.1) is 23.0 Å². The van der Waals surface area contributed by atoms with Crippen molar-refractivity contribution in [2.75, 3.05) is 31.6 Å². The second-order valence-corrected chi connectivity index (χ2v) is 8.81. The van der Waals surface area contributed by atoms with E-state index in [1.54, 1.807) is 6.07 Å². The maximum Gasteiger partial charge on any atom is 0.217 e. The van der Waals surface area contributed by atoms with Crippen LogP contribution in [0.15, 0.2) is 12.1 Å². The van der Waals surface area contributed by atoms with E-state index >= 15 is 0 Å². The van der Waals surface area contributed by atoms with Crippen molar-refractivity contribution < 1.29 is 21.9 Å². The average molecular weight is 385 g/mol. The Balaban J connectivity index is 1.62. The van der Waals surface area contributed by atoms with Crippen molar-refractivity contribution in [2.45, 2.75) is 37.0 Å². The zero-order valence-electron chi connectivity index (χ0n) is 14.2. The van der Waals surface area contributed by atoms with Gasteiger partial charge in [0.05, 0.1) is 16.9 Å². The van der Waals surface area contributed by atoms with Crippen LogP contribution in [0.2, 0.25) is 0 Å². The van der Waals surface area contributed by atoms with Gasteiger partial charge >= 0.3 is 0 Å². The standard InChI is InChI=1S/C17H21F2N3O3S/c18-15-9-12(11-20)10-16(19)17(15)21-13-1-5-22(6-2-13)26(23,24)14-3-7-25-8-4-14/h9-10,13-14,21H,1-8H2. The molecule has 0 unspecified atom stereocenters. The first-order valence-corrected chi connectivity index (χ1v) is 10.1. The summed E-state index contributed by atoms with van der Waals surface area (Å²) in [6.07, 6.45) is 1.92. The first-order chi connectivity index (χ1) is 12.4. The Morgan fingerprint density at radius 1 is 1.12 bits per heavy atom. The Hall–Kier alpha value is -1.76. The third-order valence-electron chi connectivity index (χ3n) is 4.92. The van der Waals surface area contributed by atoms with Crippen LogP contribution in [0.25, 0.3) is 0 Å². The van der Waals surface area contributed by atoms with Crippen LogP contribution in [-0.4, -0.2) is 50.3 Å². The van der Waals surface area contributed by atoms with Crippen LogP contribution in [0.4, 0.5) is 14.5 Å². The number of benzene rings is 1. The van der Waals surface area contributed by atoms with Crippen LogP contribution in [0.1, 0.15) is 31.2 Å². The number of anilines is 1. The molecule has 2 saturated heterocycles. The third-order valence-corrected chi connectivity index (χ3v) is 7.32. The van der Waals surface area contributed by atoms with Gasteiger partial charge < -0.3 is 10.1 Å². The van der Waals surface area contributed by atoms with Crippen LogP contribution >= 0.6 is 0 Å². The highest BCUT2D eigenvalue weighted by Gasteiger charge is 2.35. The highest BCUT2D eigenvalue weighted by molar-refractivity contribution is 7.89. The van der Waals surface area contributed by atoms with Gasteiger partial charge in [-0.2, -0.15) is 5.26 Å². The lowest BCUT2D eigenvalue weighted by atomic mass is 10.1. The second kappa shape index (κ2) is 7.86. The molecule has 1 N–H and O–H groups in total. The maximum atomic E-state index is 14.0. The number of nitrogens with zero attached hydrogens (tertiary/aromatic N) is 2. The zero-order valence-corrected chi connectivity index (χ0v) is 15.1. The molecule has 0 spiro atoms. The normalized spacial score (nSPS) is 20.7. The van der Waals surface area contributed by atoms with Crippen LogP contribution < -0.4 is 5.32 Å². The number of hydrogen-bond acceptors (Lipinski definition) is 5. The summed E-state index contributed by atoms with van der Waals surface area (Å²) < 4.78 is 60.0. The molecule has 0 atom stereocenters. The molecule has 6 nitrogen and oxygen atoms in total. The van der Waals surface area contributed by atoms with E-state index in [1.807, 2.05) is 0 Å². The molecule has 2 aliphatic rings. The van der Waals surface area contributed by atoms with Gasteiger partial charge in [-0.3, -0.25) is 0 Å². The molecular formula is C17H21F2N3O3S. The highest BCUT2D eigenvalue weighted by Crippen LogP contribution is 2.27. The Labute approximate surface area is 151 Å². The number of rotatable bonds is 4. The van der Waals surface area contributed by atoms with Gasteiger partial charge in [0.1, 0.15) is 5.69 Å². The fourth-order valence-corrected chi connectivity index (χ4v) is 5.35. The molecule has 0 amide bonds. The van der Waals surface area contributed by atoms with E-state index in [0.717, 1.165) is 12.1 Å². The molecule has 1 aromatic carbocycles. The van der Waals surface area contributed by atoms with Gasteiger partial charge in [-0.1, -0.05) is 0 Å². The van der Waals surface area contributed by atoms with Crippen LogP contribution in [0.3, 0.4) is 0 Å². The summed E-state index contributed by atoms with van der Waals surface area (Å²) in [7, 11) is -3.37. The van der Waals surface area contributed by atoms with E-state index in [1.165, 1.54) is 4.31 Å². The van der Waals surface area contributed by atoms with Gasteiger partial charge in [-0.25, -0.2) is 21.5 Å². The van der Waals surface area contributed by atoms with E-state index in [2.05, 4.69) is 5.32 Å². The molecular weight excluding hydrogens is 364 g/mol. The third kappa shape index (κ3) is 3.98. The monoisotopic (exact) mass is 385 g/mol. The fourth-order valence-electron chi connectivity index (χ4n) is 3.42. The van der Waals surface area contributed by atoms with Crippen molar-refractivity contribution in [1.82, 2.24) is 4.31 Å². The van der Waals surface area contributed by atoms with Gasteiger partial charge in [0, 0.05) is 32.3 Å². The van der Waals surface area contributed by atoms with Crippen molar-refractivity contribution in [1.29, 1.82) is 5.26 Å². The lowest BCUT2D eigenvalue weighted by Crippen LogP contribution is -2.47. The topological polar surface area (TPSA) is 82.4 Å². The summed E-state index contributed by atoms with van der Waals surface area (Å²) in [5, 5.41) is 11.1. The van der Waals surface area contributed by atoms with Gasteiger partial charge in [0.25, 0.3) is 0 Å². The van der Waals surface area contributed by atoms with E-state index in [0.29, 0.717) is 52.0 Å². The van der Waals surface area contributed by atoms with Crippen molar-refractivity contribution >= 4 is 15.7 Å². The SMILES string of the molecule is N#Cc1cc(F)c(NC2CCN(S(=O)(=O)C3CCOCC3)CC2)c(F)c1. The van der Waals surface area contributed by atoms with Crippen molar-refractivity contribution in [3.63, 3.8) is 0 Å². The van der Waals surface area contributed by atoms with E-state index < -0.39 is 26.9 Å². The molecule has 0 bridgehead atoms. The lowest BCUT2D eigenvalue weighted by Gasteiger charge is -2.35. The minimum Gasteiger partial charge on any atom is -0.381 e. The van der Waals surface area contributed by atoms with E-state index in [4.69, 9.17) is 10.00 Å². The second-order valence-electron chi connectivity index (χ2n) is 6.60. The van der Waals surface area contributed by atoms with Gasteiger partial charge in [0.2, 0.25) is 10.0 Å². The number of ether oxygens (including phenoxy) is 1. The Morgan fingerprint density at radius 3 is 2.23 bits per heavy atom. The summed E-state index contributed by atoms with van der Waals surface area (Å²) in [4.78, 5) is 0. The largest absolute Gasteiger partial charge is 0.381 e. The first-order valence-electron chi connectivity index (χ1n) is 8.64. The summed E-state index contributed by atoms with van der Waals surface area (Å²) >= 11 is 0. The Bertz CT molecular complexity index is 773. The number of hydrogen-bond donors (Lipinski definition) is 1. The van der Waals surface area contributed by atoms with Crippen molar-refractivity contribution in [2.24, 2.45) is 0 Å². The fraction of sp³-hybridized carbons (Fsp3) is 0.588. The number of sulfonamides is 1. The van der Waals surface area contributed by atoms with Crippen LogP contribution in [-0.2, 0) is 14.8 Å². The van der Waals surface area contributed by atoms with Gasteiger partial charge in [-0.15, -0.1) is 0 Å². The minimum atomic E-state index is -3.37. The molecule has 2 heterocycles. The smallest absolute Gasteiger partial charge is 0.217 e. The predicted molar refractivity (Wildman–Crippen MR) is 92.1 cm³/mol. The maximum absolute atomic E-state index is 14.0. The zero-order chi connectivity index (χ0) is 18.7. The van der Waals surface area contributed by atoms with E-state index in [-0.39, 0.29) is 17.3 Å². The average Bonchev–Trinajstić information content (AvgIpc) is 2.65. The van der Waals surface area contributed by atoms with Gasteiger partial charge in [-0.05, 0) is 37.8 Å². The summed E-state index contributed by atoms with van der Waals surface area (Å²) in [6.45, 7) is 1.55. The number of nitriles is 1. The molecule has 0 radical (unpaired) electrons. The van der Waals surface area contributed by atoms with Gasteiger partial charge in [0.15, 0.2) is 11.6 Å². The molecule has 0 aromatic heterocycles. The van der Waals surface area contributed by atoms with Crippen molar-refractivity contribution in [3.8, 4) is 6.07 Å². The molecule has 142 valence electrons. The molecule has 3 rings (SSSR count). The molecule has 0 saturated carbocycles. The Kier molecular flexibility index (Phi) is 5.75.